The van der Waals surface area contributed by atoms with Crippen molar-refractivity contribution < 1.29 is 3.74 Å². The van der Waals surface area contributed by atoms with Crippen LogP contribution in [-0.2, 0) is 3.74 Å². The second-order valence-corrected chi connectivity index (χ2v) is 5.29. The molecule has 1 aromatic carbocycles. The number of hydrogen-bond acceptors (Lipinski definition) is 6. The van der Waals surface area contributed by atoms with Gasteiger partial charge in [-0.3, -0.25) is 0 Å². The number of aromatic nitrogens is 2. The number of rotatable bonds is 3. The van der Waals surface area contributed by atoms with Crippen LogP contribution in [0.15, 0.2) is 30.3 Å². The fourth-order valence-corrected chi connectivity index (χ4v) is 2.08. The molecule has 7 heteroatoms. The Bertz CT molecular complexity index is 523. The van der Waals surface area contributed by atoms with Crippen molar-refractivity contribution in [2.45, 2.75) is 0 Å². The Morgan fingerprint density at radius 1 is 1.12 bits per heavy atom. The van der Waals surface area contributed by atoms with Gasteiger partial charge in [0.15, 0.2) is 0 Å². The van der Waals surface area contributed by atoms with E-state index in [-0.39, 0.29) is 5.95 Å². The summed E-state index contributed by atoms with van der Waals surface area (Å²) in [5, 5.41) is 3.04. The molecular weight excluding hydrogens is 281 g/mol. The quantitative estimate of drug-likeness (QED) is 0.660. The topological polar surface area (TPSA) is 107 Å². The fourth-order valence-electron chi connectivity index (χ4n) is 1.34. The van der Waals surface area contributed by atoms with E-state index in [1.165, 1.54) is 0 Å². The van der Waals surface area contributed by atoms with Crippen LogP contribution >= 0.6 is 0 Å². The Labute approximate surface area is 104 Å². The second kappa shape index (κ2) is 4.93. The van der Waals surface area contributed by atoms with Gasteiger partial charge >= 0.3 is 104 Å². The Morgan fingerprint density at radius 3 is 2.41 bits per heavy atom. The summed E-state index contributed by atoms with van der Waals surface area (Å²) in [6, 6.07) is 8.90. The van der Waals surface area contributed by atoms with Crippen molar-refractivity contribution in [3.8, 4) is 0 Å². The zero-order chi connectivity index (χ0) is 12.3. The van der Waals surface area contributed by atoms with Crippen LogP contribution in [0.25, 0.3) is 0 Å². The first kappa shape index (κ1) is 11.5. The van der Waals surface area contributed by atoms with Crippen LogP contribution < -0.4 is 21.1 Å². The van der Waals surface area contributed by atoms with Gasteiger partial charge in [0.1, 0.15) is 0 Å². The van der Waals surface area contributed by atoms with Crippen molar-refractivity contribution in [1.29, 1.82) is 0 Å². The average molecular weight is 293 g/mol. The number of benzene rings is 1. The molecule has 0 bridgehead atoms. The van der Waals surface area contributed by atoms with Crippen LogP contribution in [0.1, 0.15) is 0 Å². The van der Waals surface area contributed by atoms with Crippen molar-refractivity contribution in [3.05, 3.63) is 30.3 Å². The minimum absolute atomic E-state index is 0.122. The third kappa shape index (κ3) is 3.01. The molecule has 0 spiro atoms. The van der Waals surface area contributed by atoms with E-state index in [4.69, 9.17) is 11.5 Å². The van der Waals surface area contributed by atoms with Gasteiger partial charge in [-0.15, -0.1) is 0 Å². The molecule has 0 saturated carbocycles. The van der Waals surface area contributed by atoms with E-state index in [1.54, 1.807) is 6.07 Å². The number of hydrogen-bond donors (Lipinski definition) is 3. The molecule has 0 amide bonds. The molecule has 0 aliphatic carbocycles. The molecule has 0 saturated heterocycles. The molecule has 0 radical (unpaired) electrons. The number of nitrogen functional groups attached to an aromatic ring is 2. The van der Waals surface area contributed by atoms with E-state index >= 15 is 0 Å². The van der Waals surface area contributed by atoms with E-state index in [2.05, 4.69) is 15.3 Å². The fraction of sp³-hybridized carbons (Fsp3) is 0. The van der Waals surface area contributed by atoms with Gasteiger partial charge in [0.05, 0.1) is 0 Å². The predicted molar refractivity (Wildman–Crippen MR) is 69.4 cm³/mol. The SMILES string of the molecule is Nc1cc(Nc2ccc([AsH2]=O)cc2)nc(N)n1. The van der Waals surface area contributed by atoms with Gasteiger partial charge in [-0.25, -0.2) is 0 Å². The maximum atomic E-state index is 10.8. The average Bonchev–Trinajstić information content (AvgIpc) is 2.28. The Kier molecular flexibility index (Phi) is 3.34. The van der Waals surface area contributed by atoms with Crippen LogP contribution in [0.5, 0.6) is 0 Å². The summed E-state index contributed by atoms with van der Waals surface area (Å²) in [4.78, 5) is 7.77. The van der Waals surface area contributed by atoms with E-state index in [0.29, 0.717) is 11.6 Å². The van der Waals surface area contributed by atoms with Gasteiger partial charge in [-0.1, -0.05) is 0 Å². The van der Waals surface area contributed by atoms with E-state index < -0.39 is 15.7 Å². The summed E-state index contributed by atoms with van der Waals surface area (Å²) in [6.07, 6.45) is 0. The first-order chi connectivity index (χ1) is 8.17. The van der Waals surface area contributed by atoms with E-state index in [1.807, 2.05) is 24.3 Å². The number of nitrogens with zero attached hydrogens (tertiary/aromatic N) is 2. The van der Waals surface area contributed by atoms with E-state index in [0.717, 1.165) is 10.0 Å². The van der Waals surface area contributed by atoms with Crippen molar-refractivity contribution in [2.75, 3.05) is 16.8 Å². The summed E-state index contributed by atoms with van der Waals surface area (Å²) in [5.41, 5.74) is 11.9. The third-order valence-corrected chi connectivity index (χ3v) is 3.46. The summed E-state index contributed by atoms with van der Waals surface area (Å²) in [5.74, 6) is 0.963. The van der Waals surface area contributed by atoms with Crippen LogP contribution in [-0.4, -0.2) is 25.7 Å². The van der Waals surface area contributed by atoms with Crippen LogP contribution in [0.2, 0.25) is 0 Å². The monoisotopic (exact) mass is 293 g/mol. The molecule has 0 aliphatic rings. The summed E-state index contributed by atoms with van der Waals surface area (Å²) in [6.45, 7) is 0. The molecule has 88 valence electrons. The van der Waals surface area contributed by atoms with Crippen LogP contribution in [0.3, 0.4) is 0 Å². The zero-order valence-corrected chi connectivity index (χ0v) is 11.3. The minimum atomic E-state index is -1.49. The first-order valence-corrected chi connectivity index (χ1v) is 7.10. The molecule has 1 atom stereocenters. The molecule has 0 aliphatic heterocycles. The van der Waals surface area contributed by atoms with Gasteiger partial charge in [0.25, 0.3) is 0 Å². The van der Waals surface area contributed by atoms with Gasteiger partial charge in [0.2, 0.25) is 0 Å². The maximum absolute atomic E-state index is 10.8. The number of nitrogens with two attached hydrogens (primary N) is 2. The summed E-state index contributed by atoms with van der Waals surface area (Å²) >= 11 is -1.49. The molecule has 2 aromatic rings. The standard InChI is InChI=1S/C10H12AsN5O/c12-8-5-9(16-10(13)15-8)14-7-3-1-6(11-17)2-4-7/h1-5H,11H2,(H5,12,13,14,15,16). The number of anilines is 4. The molecule has 17 heavy (non-hydrogen) atoms. The number of nitrogens with one attached hydrogen (secondary N) is 1. The predicted octanol–water partition coefficient (Wildman–Crippen LogP) is -0.476. The Balaban J connectivity index is 2.21. The van der Waals surface area contributed by atoms with E-state index in [9.17, 15) is 3.74 Å². The van der Waals surface area contributed by atoms with Crippen molar-refractivity contribution in [3.63, 3.8) is 0 Å². The molecule has 6 nitrogen and oxygen atoms in total. The molecule has 5 N–H and O–H groups in total. The zero-order valence-electron chi connectivity index (χ0n) is 8.92. The third-order valence-electron chi connectivity index (χ3n) is 2.08. The van der Waals surface area contributed by atoms with Gasteiger partial charge in [0, 0.05) is 0 Å². The molecular formula is C10H12AsN5O. The molecule has 1 unspecified atom stereocenters. The van der Waals surface area contributed by atoms with Gasteiger partial charge < -0.3 is 0 Å². The van der Waals surface area contributed by atoms with Crippen LogP contribution in [0, 0.1) is 0 Å². The summed E-state index contributed by atoms with van der Waals surface area (Å²) < 4.78 is 11.7. The molecule has 2 rings (SSSR count). The molecule has 1 aromatic heterocycles. The van der Waals surface area contributed by atoms with Crippen molar-refractivity contribution in [2.24, 2.45) is 0 Å². The molecule has 1 heterocycles. The molecule has 0 fully saturated rings. The van der Waals surface area contributed by atoms with Gasteiger partial charge in [-0.05, 0) is 0 Å². The van der Waals surface area contributed by atoms with Crippen LogP contribution in [0.4, 0.5) is 23.3 Å². The Morgan fingerprint density at radius 2 is 1.82 bits per heavy atom. The summed E-state index contributed by atoms with van der Waals surface area (Å²) in [7, 11) is 0. The second-order valence-electron chi connectivity index (χ2n) is 3.40. The first-order valence-electron chi connectivity index (χ1n) is 4.89. The Hall–Kier alpha value is -1.94. The van der Waals surface area contributed by atoms with Crippen molar-refractivity contribution in [1.82, 2.24) is 9.97 Å². The van der Waals surface area contributed by atoms with Gasteiger partial charge in [-0.2, -0.15) is 0 Å². The normalized spacial score (nSPS) is 10.8. The van der Waals surface area contributed by atoms with Crippen molar-refractivity contribution >= 4 is 43.3 Å².